The van der Waals surface area contributed by atoms with Gasteiger partial charge in [0.1, 0.15) is 0 Å². The summed E-state index contributed by atoms with van der Waals surface area (Å²) in [6, 6.07) is 8.62. The molecule has 2 N–H and O–H groups in total. The molecule has 1 rings (SSSR count). The van der Waals surface area contributed by atoms with E-state index < -0.39 is 0 Å². The molecule has 0 amide bonds. The molecule has 12 heavy (non-hydrogen) atoms. The first-order chi connectivity index (χ1) is 5.86. The third kappa shape index (κ3) is 2.72. The molecule has 0 bridgehead atoms. The number of hydrogen-bond donors (Lipinski definition) is 2. The fraction of sp³-hybridized carbons (Fsp3) is 0.250. The van der Waals surface area contributed by atoms with E-state index in [0.29, 0.717) is 0 Å². The molecule has 0 unspecified atom stereocenters. The van der Waals surface area contributed by atoms with Crippen LogP contribution < -0.4 is 10.5 Å². The monoisotopic (exact) mass is 160 g/mol. The van der Waals surface area contributed by atoms with Crippen LogP contribution in [0, 0.1) is 0 Å². The van der Waals surface area contributed by atoms with Gasteiger partial charge in [-0.2, -0.15) is 0 Å². The van der Waals surface area contributed by atoms with Crippen LogP contribution in [0.3, 0.4) is 0 Å². The Morgan fingerprint density at radius 1 is 0.833 bits per heavy atom. The molecule has 0 saturated heterocycles. The van der Waals surface area contributed by atoms with Gasteiger partial charge >= 0.3 is 0 Å². The van der Waals surface area contributed by atoms with Crippen LogP contribution in [0.5, 0.6) is 0 Å². The van der Waals surface area contributed by atoms with Gasteiger partial charge in [-0.3, -0.25) is 0 Å². The van der Waals surface area contributed by atoms with Gasteiger partial charge in [0.15, 0.2) is 16.0 Å². The Hall–Kier alpha value is -0.730. The summed E-state index contributed by atoms with van der Waals surface area (Å²) in [7, 11) is 3.92. The third-order valence-electron chi connectivity index (χ3n) is 1.78. The van der Waals surface area contributed by atoms with Gasteiger partial charge in [0.25, 0.3) is 0 Å². The minimum absolute atomic E-state index is 0.944. The molecule has 0 atom stereocenters. The predicted octanol–water partition coefficient (Wildman–Crippen LogP) is -1.04. The molecular weight excluding hydrogens is 146 g/mol. The van der Waals surface area contributed by atoms with Crippen molar-refractivity contribution >= 4 is 16.0 Å². The highest BCUT2D eigenvalue weighted by Gasteiger charge is 1.91. The fourth-order valence-electron chi connectivity index (χ4n) is 1.18. The predicted molar refractivity (Wildman–Crippen MR) is 57.2 cm³/mol. The van der Waals surface area contributed by atoms with E-state index in [-0.39, 0.29) is 0 Å². The molecule has 62 valence electrons. The van der Waals surface area contributed by atoms with Crippen molar-refractivity contribution in [2.75, 3.05) is 0 Å². The first-order valence-corrected chi connectivity index (χ1v) is 4.24. The van der Waals surface area contributed by atoms with Crippen molar-refractivity contribution in [2.24, 2.45) is 0 Å². The summed E-state index contributed by atoms with van der Waals surface area (Å²) >= 11 is 0. The van der Waals surface area contributed by atoms with Crippen LogP contribution in [0.25, 0.3) is 0 Å². The van der Waals surface area contributed by atoms with Crippen molar-refractivity contribution in [3.63, 3.8) is 0 Å². The summed E-state index contributed by atoms with van der Waals surface area (Å²) in [6.07, 6.45) is 0. The van der Waals surface area contributed by atoms with E-state index in [9.17, 15) is 0 Å². The SMILES string of the molecule is BNCc1ccc(CNB)cc1. The largest absolute Gasteiger partial charge is 0.358 e. The van der Waals surface area contributed by atoms with Crippen LogP contribution in [0.2, 0.25) is 0 Å². The Kier molecular flexibility index (Phi) is 3.91. The molecule has 0 radical (unpaired) electrons. The molecule has 4 heteroatoms. The molecule has 2 nitrogen and oxygen atoms in total. The maximum absolute atomic E-state index is 3.12. The second-order valence-electron chi connectivity index (χ2n) is 2.88. The zero-order chi connectivity index (χ0) is 8.81. The summed E-state index contributed by atoms with van der Waals surface area (Å²) in [5, 5.41) is 6.24. The van der Waals surface area contributed by atoms with Gasteiger partial charge in [0, 0.05) is 13.1 Å². The quantitative estimate of drug-likeness (QED) is 0.549. The van der Waals surface area contributed by atoms with E-state index in [0.717, 1.165) is 13.1 Å². The Morgan fingerprint density at radius 3 is 1.42 bits per heavy atom. The van der Waals surface area contributed by atoms with Gasteiger partial charge < -0.3 is 10.5 Å². The Bertz CT molecular complexity index is 198. The summed E-state index contributed by atoms with van der Waals surface area (Å²) in [5.74, 6) is 0. The van der Waals surface area contributed by atoms with Crippen LogP contribution in [0.1, 0.15) is 11.1 Å². The molecule has 0 aromatic heterocycles. The second kappa shape index (κ2) is 5.01. The van der Waals surface area contributed by atoms with Gasteiger partial charge in [0.2, 0.25) is 0 Å². The summed E-state index contributed by atoms with van der Waals surface area (Å²) in [4.78, 5) is 0. The van der Waals surface area contributed by atoms with Gasteiger partial charge in [-0.05, 0) is 11.1 Å². The van der Waals surface area contributed by atoms with E-state index in [1.165, 1.54) is 11.1 Å². The van der Waals surface area contributed by atoms with Crippen molar-refractivity contribution in [3.8, 4) is 0 Å². The molecule has 0 heterocycles. The Morgan fingerprint density at radius 2 is 1.17 bits per heavy atom. The molecule has 1 aromatic rings. The molecule has 0 saturated carbocycles. The molecule has 0 aliphatic carbocycles. The average molecular weight is 160 g/mol. The molecule has 0 spiro atoms. The summed E-state index contributed by atoms with van der Waals surface area (Å²) < 4.78 is 0. The lowest BCUT2D eigenvalue weighted by Gasteiger charge is -2.02. The lowest BCUT2D eigenvalue weighted by molar-refractivity contribution is 0.939. The first-order valence-electron chi connectivity index (χ1n) is 4.24. The van der Waals surface area contributed by atoms with Crippen LogP contribution in [0.4, 0.5) is 0 Å². The Labute approximate surface area is 75.6 Å². The van der Waals surface area contributed by atoms with Crippen molar-refractivity contribution in [2.45, 2.75) is 13.1 Å². The average Bonchev–Trinajstić information content (AvgIpc) is 2.09. The minimum Gasteiger partial charge on any atom is -0.358 e. The highest BCUT2D eigenvalue weighted by atomic mass is 14.7. The highest BCUT2D eigenvalue weighted by Crippen LogP contribution is 2.03. The maximum Gasteiger partial charge on any atom is 0.182 e. The van der Waals surface area contributed by atoms with E-state index in [4.69, 9.17) is 0 Å². The smallest absolute Gasteiger partial charge is 0.182 e. The molecule has 0 aliphatic rings. The van der Waals surface area contributed by atoms with E-state index in [2.05, 4.69) is 34.7 Å². The van der Waals surface area contributed by atoms with Crippen molar-refractivity contribution in [3.05, 3.63) is 35.4 Å². The number of hydrogen-bond acceptors (Lipinski definition) is 2. The normalized spacial score (nSPS) is 10.0. The Balaban J connectivity index is 2.58. The second-order valence-corrected chi connectivity index (χ2v) is 2.88. The topological polar surface area (TPSA) is 24.1 Å². The van der Waals surface area contributed by atoms with Crippen LogP contribution in [-0.2, 0) is 13.1 Å². The standard InChI is InChI=1S/C8H14B2N2/c9-11-5-7-1-2-8(4-3-7)6-12-10/h1-4,11-12H,5-6,9-10H2. The maximum atomic E-state index is 3.12. The number of benzene rings is 1. The lowest BCUT2D eigenvalue weighted by atomic mass is 10.1. The summed E-state index contributed by atoms with van der Waals surface area (Å²) in [5.41, 5.74) is 2.66. The van der Waals surface area contributed by atoms with E-state index in [1.807, 2.05) is 16.0 Å². The highest BCUT2D eigenvalue weighted by molar-refractivity contribution is 6.04. The zero-order valence-corrected chi connectivity index (χ0v) is 7.72. The molecule has 1 aromatic carbocycles. The van der Waals surface area contributed by atoms with Crippen LogP contribution in [0.15, 0.2) is 24.3 Å². The fourth-order valence-corrected chi connectivity index (χ4v) is 1.18. The van der Waals surface area contributed by atoms with E-state index >= 15 is 0 Å². The minimum atomic E-state index is 0.944. The first kappa shape index (κ1) is 9.36. The van der Waals surface area contributed by atoms with Crippen LogP contribution >= 0.6 is 0 Å². The van der Waals surface area contributed by atoms with Gasteiger partial charge in [-0.1, -0.05) is 24.3 Å². The van der Waals surface area contributed by atoms with Gasteiger partial charge in [-0.15, -0.1) is 0 Å². The van der Waals surface area contributed by atoms with Crippen molar-refractivity contribution in [1.29, 1.82) is 0 Å². The molecule has 0 aliphatic heterocycles. The van der Waals surface area contributed by atoms with Crippen LogP contribution in [-0.4, -0.2) is 16.0 Å². The van der Waals surface area contributed by atoms with Gasteiger partial charge in [0.05, 0.1) is 0 Å². The number of rotatable bonds is 4. The summed E-state index contributed by atoms with van der Waals surface area (Å²) in [6.45, 7) is 1.89. The zero-order valence-electron chi connectivity index (χ0n) is 7.72. The van der Waals surface area contributed by atoms with E-state index in [1.54, 1.807) is 0 Å². The lowest BCUT2D eigenvalue weighted by Crippen LogP contribution is -2.09. The third-order valence-corrected chi connectivity index (χ3v) is 1.78. The molecular formula is C8H14B2N2. The van der Waals surface area contributed by atoms with Crippen molar-refractivity contribution < 1.29 is 0 Å². The van der Waals surface area contributed by atoms with Crippen molar-refractivity contribution in [1.82, 2.24) is 10.5 Å². The molecule has 0 fully saturated rings. The number of nitrogens with one attached hydrogen (secondary N) is 2. The van der Waals surface area contributed by atoms with Gasteiger partial charge in [-0.25, -0.2) is 0 Å².